The molecule has 3 heteroatoms. The Morgan fingerprint density at radius 3 is 2.42 bits per heavy atom. The fourth-order valence-corrected chi connectivity index (χ4v) is 2.36. The summed E-state index contributed by atoms with van der Waals surface area (Å²) in [5.41, 5.74) is 3.13. The fraction of sp³-hybridized carbons (Fsp3) is 0.250. The first-order chi connectivity index (χ1) is 9.10. The van der Waals surface area contributed by atoms with Crippen LogP contribution >= 0.6 is 11.6 Å². The maximum Gasteiger partial charge on any atom is 0.123 e. The molecule has 1 atom stereocenters. The minimum Gasteiger partial charge on any atom is -0.496 e. The largest absolute Gasteiger partial charge is 0.496 e. The lowest BCUT2D eigenvalue weighted by Gasteiger charge is -2.12. The van der Waals surface area contributed by atoms with Gasteiger partial charge in [0.05, 0.1) is 12.5 Å². The standard InChI is InChI=1S/C16H16ClFO/c1-11-9-13(5-8-16(11)19-2)15(17)10-12-3-6-14(18)7-4-12/h3-9,15H,10H2,1-2H3. The van der Waals surface area contributed by atoms with E-state index in [0.717, 1.165) is 22.4 Å². The summed E-state index contributed by atoms with van der Waals surface area (Å²) in [6.45, 7) is 1.99. The zero-order valence-corrected chi connectivity index (χ0v) is 11.7. The number of halogens is 2. The molecule has 2 aromatic carbocycles. The van der Waals surface area contributed by atoms with E-state index in [9.17, 15) is 4.39 Å². The van der Waals surface area contributed by atoms with Crippen molar-refractivity contribution < 1.29 is 9.13 Å². The van der Waals surface area contributed by atoms with Crippen LogP contribution in [0.15, 0.2) is 42.5 Å². The predicted molar refractivity (Wildman–Crippen MR) is 76.4 cm³/mol. The topological polar surface area (TPSA) is 9.23 Å². The van der Waals surface area contributed by atoms with Crippen LogP contribution in [-0.2, 0) is 6.42 Å². The predicted octanol–water partition coefficient (Wildman–Crippen LogP) is 4.67. The molecule has 100 valence electrons. The fourth-order valence-electron chi connectivity index (χ4n) is 2.04. The summed E-state index contributed by atoms with van der Waals surface area (Å²) >= 11 is 6.41. The van der Waals surface area contributed by atoms with Gasteiger partial charge in [0, 0.05) is 0 Å². The molecule has 0 aliphatic heterocycles. The van der Waals surface area contributed by atoms with Crippen LogP contribution in [0.25, 0.3) is 0 Å². The lowest BCUT2D eigenvalue weighted by Crippen LogP contribution is -1.97. The highest BCUT2D eigenvalue weighted by atomic mass is 35.5. The molecule has 0 bridgehead atoms. The molecule has 0 N–H and O–H groups in total. The van der Waals surface area contributed by atoms with Crippen LogP contribution in [0.4, 0.5) is 4.39 Å². The van der Waals surface area contributed by atoms with Gasteiger partial charge >= 0.3 is 0 Å². The highest BCUT2D eigenvalue weighted by molar-refractivity contribution is 6.20. The number of alkyl halides is 1. The Bertz CT molecular complexity index is 551. The summed E-state index contributed by atoms with van der Waals surface area (Å²) < 4.78 is 18.1. The van der Waals surface area contributed by atoms with E-state index in [0.29, 0.717) is 6.42 Å². The van der Waals surface area contributed by atoms with E-state index in [1.54, 1.807) is 19.2 Å². The van der Waals surface area contributed by atoms with Gasteiger partial charge in [-0.25, -0.2) is 4.39 Å². The Labute approximate surface area is 118 Å². The molecule has 0 saturated heterocycles. The molecule has 0 aliphatic carbocycles. The maximum absolute atomic E-state index is 12.8. The van der Waals surface area contributed by atoms with Gasteiger partial charge in [0.2, 0.25) is 0 Å². The molecule has 0 spiro atoms. The number of ether oxygens (including phenoxy) is 1. The molecular formula is C16H16ClFO. The minimum atomic E-state index is -0.227. The molecule has 0 aromatic heterocycles. The molecule has 0 fully saturated rings. The molecule has 0 heterocycles. The highest BCUT2D eigenvalue weighted by Gasteiger charge is 2.10. The molecule has 1 nitrogen and oxygen atoms in total. The first kappa shape index (κ1) is 13.9. The molecule has 19 heavy (non-hydrogen) atoms. The van der Waals surface area contributed by atoms with Crippen molar-refractivity contribution >= 4 is 11.6 Å². The second-order valence-electron chi connectivity index (χ2n) is 4.53. The van der Waals surface area contributed by atoms with Gasteiger partial charge in [-0.05, 0) is 48.2 Å². The van der Waals surface area contributed by atoms with Crippen molar-refractivity contribution in [3.8, 4) is 5.75 Å². The van der Waals surface area contributed by atoms with Crippen LogP contribution in [-0.4, -0.2) is 7.11 Å². The van der Waals surface area contributed by atoms with Crippen molar-refractivity contribution in [3.05, 3.63) is 65.0 Å². The SMILES string of the molecule is COc1ccc(C(Cl)Cc2ccc(F)cc2)cc1C. The van der Waals surface area contributed by atoms with Crippen LogP contribution in [0.1, 0.15) is 22.1 Å². The molecule has 2 rings (SSSR count). The zero-order valence-electron chi connectivity index (χ0n) is 11.0. The molecular weight excluding hydrogens is 263 g/mol. The summed E-state index contributed by atoms with van der Waals surface area (Å²) in [5.74, 6) is 0.629. The van der Waals surface area contributed by atoms with Crippen molar-refractivity contribution in [1.29, 1.82) is 0 Å². The number of benzene rings is 2. The Kier molecular flexibility index (Phi) is 4.43. The summed E-state index contributed by atoms with van der Waals surface area (Å²) in [6, 6.07) is 12.4. The van der Waals surface area contributed by atoms with E-state index in [1.807, 2.05) is 25.1 Å². The normalized spacial score (nSPS) is 12.2. The summed E-state index contributed by atoms with van der Waals surface area (Å²) in [7, 11) is 1.65. The van der Waals surface area contributed by atoms with Crippen LogP contribution in [0.2, 0.25) is 0 Å². The van der Waals surface area contributed by atoms with Crippen molar-refractivity contribution in [1.82, 2.24) is 0 Å². The number of rotatable bonds is 4. The van der Waals surface area contributed by atoms with E-state index in [-0.39, 0.29) is 11.2 Å². The first-order valence-corrected chi connectivity index (χ1v) is 6.57. The quantitative estimate of drug-likeness (QED) is 0.739. The summed E-state index contributed by atoms with van der Waals surface area (Å²) in [5, 5.41) is -0.130. The average molecular weight is 279 g/mol. The van der Waals surface area contributed by atoms with Crippen molar-refractivity contribution in [2.24, 2.45) is 0 Å². The highest BCUT2D eigenvalue weighted by Crippen LogP contribution is 2.28. The van der Waals surface area contributed by atoms with Gasteiger partial charge in [0.1, 0.15) is 11.6 Å². The van der Waals surface area contributed by atoms with Crippen molar-refractivity contribution in [2.75, 3.05) is 7.11 Å². The van der Waals surface area contributed by atoms with E-state index in [2.05, 4.69) is 0 Å². The maximum atomic E-state index is 12.8. The van der Waals surface area contributed by atoms with Gasteiger partial charge in [-0.15, -0.1) is 11.6 Å². The van der Waals surface area contributed by atoms with E-state index >= 15 is 0 Å². The number of hydrogen-bond donors (Lipinski definition) is 0. The van der Waals surface area contributed by atoms with Crippen LogP contribution in [0.3, 0.4) is 0 Å². The van der Waals surface area contributed by atoms with Gasteiger partial charge in [0.15, 0.2) is 0 Å². The third-order valence-corrected chi connectivity index (χ3v) is 3.52. The number of aryl methyl sites for hydroxylation is 1. The summed E-state index contributed by atoms with van der Waals surface area (Å²) in [4.78, 5) is 0. The molecule has 0 amide bonds. The molecule has 2 aromatic rings. The Hall–Kier alpha value is -1.54. The van der Waals surface area contributed by atoms with E-state index < -0.39 is 0 Å². The Balaban J connectivity index is 2.13. The smallest absolute Gasteiger partial charge is 0.123 e. The van der Waals surface area contributed by atoms with E-state index in [4.69, 9.17) is 16.3 Å². The van der Waals surface area contributed by atoms with Gasteiger partial charge in [-0.2, -0.15) is 0 Å². The van der Waals surface area contributed by atoms with Gasteiger partial charge in [-0.3, -0.25) is 0 Å². The molecule has 1 unspecified atom stereocenters. The Morgan fingerprint density at radius 2 is 1.84 bits per heavy atom. The van der Waals surface area contributed by atoms with E-state index in [1.165, 1.54) is 12.1 Å². The van der Waals surface area contributed by atoms with Crippen LogP contribution in [0, 0.1) is 12.7 Å². The monoisotopic (exact) mass is 278 g/mol. The molecule has 0 aliphatic rings. The third kappa shape index (κ3) is 3.48. The van der Waals surface area contributed by atoms with Crippen LogP contribution < -0.4 is 4.74 Å². The average Bonchev–Trinajstić information content (AvgIpc) is 2.41. The van der Waals surface area contributed by atoms with Crippen molar-refractivity contribution in [3.63, 3.8) is 0 Å². The lowest BCUT2D eigenvalue weighted by molar-refractivity contribution is 0.411. The molecule has 0 radical (unpaired) electrons. The van der Waals surface area contributed by atoms with Crippen molar-refractivity contribution in [2.45, 2.75) is 18.7 Å². The van der Waals surface area contributed by atoms with Gasteiger partial charge < -0.3 is 4.74 Å². The summed E-state index contributed by atoms with van der Waals surface area (Å²) in [6.07, 6.45) is 0.674. The second kappa shape index (κ2) is 6.07. The Morgan fingerprint density at radius 1 is 1.16 bits per heavy atom. The van der Waals surface area contributed by atoms with Gasteiger partial charge in [0.25, 0.3) is 0 Å². The minimum absolute atomic E-state index is 0.130. The number of methoxy groups -OCH3 is 1. The second-order valence-corrected chi connectivity index (χ2v) is 5.05. The van der Waals surface area contributed by atoms with Gasteiger partial charge in [-0.1, -0.05) is 24.3 Å². The zero-order chi connectivity index (χ0) is 13.8. The third-order valence-electron chi connectivity index (χ3n) is 3.11. The van der Waals surface area contributed by atoms with Crippen LogP contribution in [0.5, 0.6) is 5.75 Å². The lowest BCUT2D eigenvalue weighted by atomic mass is 10.0. The first-order valence-electron chi connectivity index (χ1n) is 6.13. The number of hydrogen-bond acceptors (Lipinski definition) is 1. The molecule has 0 saturated carbocycles.